The van der Waals surface area contributed by atoms with Gasteiger partial charge >= 0.3 is 5.97 Å². The SMILES string of the molecule is CNC(C)(CCOc1ccccc1OC)C(=O)O. The summed E-state index contributed by atoms with van der Waals surface area (Å²) in [6.07, 6.45) is 0.358. The zero-order valence-electron chi connectivity index (χ0n) is 10.9. The Kier molecular flexibility index (Phi) is 4.97. The van der Waals surface area contributed by atoms with E-state index in [0.717, 1.165) is 0 Å². The summed E-state index contributed by atoms with van der Waals surface area (Å²) in [6.45, 7) is 1.92. The molecule has 1 atom stereocenters. The van der Waals surface area contributed by atoms with E-state index < -0.39 is 11.5 Å². The van der Waals surface area contributed by atoms with Gasteiger partial charge < -0.3 is 19.9 Å². The van der Waals surface area contributed by atoms with Crippen molar-refractivity contribution >= 4 is 5.97 Å². The lowest BCUT2D eigenvalue weighted by molar-refractivity contribution is -0.144. The van der Waals surface area contributed by atoms with Gasteiger partial charge in [0.25, 0.3) is 0 Å². The molecule has 1 rings (SSSR count). The Bertz CT molecular complexity index is 408. The van der Waals surface area contributed by atoms with Crippen LogP contribution in [0.3, 0.4) is 0 Å². The zero-order chi connectivity index (χ0) is 13.6. The summed E-state index contributed by atoms with van der Waals surface area (Å²) >= 11 is 0. The Hall–Kier alpha value is -1.75. The Morgan fingerprint density at radius 1 is 1.39 bits per heavy atom. The predicted molar refractivity (Wildman–Crippen MR) is 68.2 cm³/mol. The molecule has 0 saturated heterocycles. The number of ether oxygens (including phenoxy) is 2. The number of benzene rings is 1. The number of hydrogen-bond donors (Lipinski definition) is 2. The summed E-state index contributed by atoms with van der Waals surface area (Å²) in [6, 6.07) is 7.27. The summed E-state index contributed by atoms with van der Waals surface area (Å²) in [5.74, 6) is 0.358. The van der Waals surface area contributed by atoms with Crippen molar-refractivity contribution in [3.63, 3.8) is 0 Å². The number of likely N-dealkylation sites (N-methyl/N-ethyl adjacent to an activating group) is 1. The van der Waals surface area contributed by atoms with Gasteiger partial charge in [-0.05, 0) is 26.1 Å². The molecule has 1 aromatic rings. The molecule has 18 heavy (non-hydrogen) atoms. The molecule has 100 valence electrons. The molecule has 0 amide bonds. The molecule has 0 aromatic heterocycles. The second kappa shape index (κ2) is 6.26. The molecule has 0 radical (unpaired) electrons. The summed E-state index contributed by atoms with van der Waals surface area (Å²) in [7, 11) is 3.19. The van der Waals surface area contributed by atoms with Crippen LogP contribution in [0.25, 0.3) is 0 Å². The average Bonchev–Trinajstić information content (AvgIpc) is 2.38. The number of methoxy groups -OCH3 is 1. The predicted octanol–water partition coefficient (Wildman–Crippen LogP) is 1.53. The number of rotatable bonds is 7. The van der Waals surface area contributed by atoms with E-state index in [1.54, 1.807) is 33.2 Å². The highest BCUT2D eigenvalue weighted by Crippen LogP contribution is 2.26. The van der Waals surface area contributed by atoms with Crippen LogP contribution >= 0.6 is 0 Å². The fraction of sp³-hybridized carbons (Fsp3) is 0.462. The zero-order valence-corrected chi connectivity index (χ0v) is 10.9. The first-order valence-electron chi connectivity index (χ1n) is 5.71. The summed E-state index contributed by atoms with van der Waals surface area (Å²) in [4.78, 5) is 11.1. The minimum absolute atomic E-state index is 0.296. The van der Waals surface area contributed by atoms with Crippen molar-refractivity contribution < 1.29 is 19.4 Å². The van der Waals surface area contributed by atoms with Crippen LogP contribution in [0.15, 0.2) is 24.3 Å². The van der Waals surface area contributed by atoms with E-state index in [1.807, 2.05) is 12.1 Å². The maximum atomic E-state index is 11.1. The fourth-order valence-corrected chi connectivity index (χ4v) is 1.44. The minimum atomic E-state index is -0.984. The lowest BCUT2D eigenvalue weighted by atomic mass is 9.99. The third-order valence-corrected chi connectivity index (χ3v) is 2.95. The average molecular weight is 253 g/mol. The highest BCUT2D eigenvalue weighted by molar-refractivity contribution is 5.78. The van der Waals surface area contributed by atoms with Crippen molar-refractivity contribution in [3.8, 4) is 11.5 Å². The Balaban J connectivity index is 2.58. The van der Waals surface area contributed by atoms with Gasteiger partial charge in [0.05, 0.1) is 13.7 Å². The monoisotopic (exact) mass is 253 g/mol. The Morgan fingerprint density at radius 2 is 2.00 bits per heavy atom. The van der Waals surface area contributed by atoms with Crippen LogP contribution < -0.4 is 14.8 Å². The first-order valence-corrected chi connectivity index (χ1v) is 5.71. The lowest BCUT2D eigenvalue weighted by Crippen LogP contribution is -2.48. The molecule has 0 aliphatic rings. The third-order valence-electron chi connectivity index (χ3n) is 2.95. The largest absolute Gasteiger partial charge is 0.493 e. The highest BCUT2D eigenvalue weighted by Gasteiger charge is 2.30. The van der Waals surface area contributed by atoms with E-state index >= 15 is 0 Å². The fourth-order valence-electron chi connectivity index (χ4n) is 1.44. The topological polar surface area (TPSA) is 67.8 Å². The van der Waals surface area contributed by atoms with Crippen molar-refractivity contribution in [2.75, 3.05) is 20.8 Å². The molecule has 1 aromatic carbocycles. The van der Waals surface area contributed by atoms with Crippen LogP contribution in [0.4, 0.5) is 0 Å². The molecule has 0 fully saturated rings. The second-order valence-electron chi connectivity index (χ2n) is 4.14. The van der Waals surface area contributed by atoms with E-state index in [1.165, 1.54) is 0 Å². The van der Waals surface area contributed by atoms with Gasteiger partial charge in [0.15, 0.2) is 11.5 Å². The second-order valence-corrected chi connectivity index (χ2v) is 4.14. The van der Waals surface area contributed by atoms with Gasteiger partial charge in [-0.3, -0.25) is 4.79 Å². The van der Waals surface area contributed by atoms with Crippen molar-refractivity contribution in [1.29, 1.82) is 0 Å². The van der Waals surface area contributed by atoms with E-state index in [0.29, 0.717) is 24.5 Å². The third kappa shape index (κ3) is 3.37. The molecule has 0 spiro atoms. The molecule has 0 heterocycles. The standard InChI is InChI=1S/C13H19NO4/c1-13(14-2,12(15)16)8-9-18-11-7-5-4-6-10(11)17-3/h4-7,14H,8-9H2,1-3H3,(H,15,16). The first-order chi connectivity index (χ1) is 8.53. The molecule has 1 unspecified atom stereocenters. The number of aliphatic carboxylic acids is 1. The molecule has 0 bridgehead atoms. The number of carboxylic acid groups (broad SMARTS) is 1. The van der Waals surface area contributed by atoms with Gasteiger partial charge in [-0.15, -0.1) is 0 Å². The normalized spacial score (nSPS) is 13.7. The minimum Gasteiger partial charge on any atom is -0.493 e. The summed E-state index contributed by atoms with van der Waals surface area (Å²) in [5.41, 5.74) is -0.984. The number of carboxylic acids is 1. The van der Waals surface area contributed by atoms with Gasteiger partial charge in [-0.1, -0.05) is 12.1 Å². The first kappa shape index (κ1) is 14.3. The van der Waals surface area contributed by atoms with E-state index in [9.17, 15) is 4.79 Å². The quantitative estimate of drug-likeness (QED) is 0.771. The number of carbonyl (C=O) groups is 1. The van der Waals surface area contributed by atoms with Crippen LogP contribution in [0.2, 0.25) is 0 Å². The highest BCUT2D eigenvalue weighted by atomic mass is 16.5. The smallest absolute Gasteiger partial charge is 0.323 e. The number of hydrogen-bond acceptors (Lipinski definition) is 4. The van der Waals surface area contributed by atoms with Crippen molar-refractivity contribution in [2.45, 2.75) is 18.9 Å². The van der Waals surface area contributed by atoms with Gasteiger partial charge in [0.2, 0.25) is 0 Å². The van der Waals surface area contributed by atoms with Gasteiger partial charge in [-0.25, -0.2) is 0 Å². The van der Waals surface area contributed by atoms with Crippen LogP contribution in [0.5, 0.6) is 11.5 Å². The van der Waals surface area contributed by atoms with Crippen LogP contribution in [-0.2, 0) is 4.79 Å². The lowest BCUT2D eigenvalue weighted by Gasteiger charge is -2.24. The van der Waals surface area contributed by atoms with Crippen LogP contribution in [-0.4, -0.2) is 37.4 Å². The number of para-hydroxylation sites is 2. The molecule has 0 aliphatic heterocycles. The van der Waals surface area contributed by atoms with E-state index in [-0.39, 0.29) is 0 Å². The van der Waals surface area contributed by atoms with Gasteiger partial charge in [-0.2, -0.15) is 0 Å². The Labute approximate surface area is 107 Å². The molecule has 0 aliphatic carbocycles. The summed E-state index contributed by atoms with van der Waals surface area (Å²) in [5, 5.41) is 11.9. The maximum absolute atomic E-state index is 11.1. The van der Waals surface area contributed by atoms with Gasteiger partial charge in [0.1, 0.15) is 5.54 Å². The van der Waals surface area contributed by atoms with Crippen LogP contribution in [0.1, 0.15) is 13.3 Å². The van der Waals surface area contributed by atoms with Crippen molar-refractivity contribution in [1.82, 2.24) is 5.32 Å². The van der Waals surface area contributed by atoms with Crippen molar-refractivity contribution in [3.05, 3.63) is 24.3 Å². The van der Waals surface area contributed by atoms with Gasteiger partial charge in [0, 0.05) is 6.42 Å². The molecule has 0 saturated carbocycles. The molecular formula is C13H19NO4. The van der Waals surface area contributed by atoms with Crippen LogP contribution in [0, 0.1) is 0 Å². The molecule has 5 nitrogen and oxygen atoms in total. The Morgan fingerprint density at radius 3 is 2.50 bits per heavy atom. The van der Waals surface area contributed by atoms with E-state index in [4.69, 9.17) is 14.6 Å². The molecule has 2 N–H and O–H groups in total. The van der Waals surface area contributed by atoms with Crippen molar-refractivity contribution in [2.24, 2.45) is 0 Å². The molecule has 5 heteroatoms. The maximum Gasteiger partial charge on any atom is 0.323 e. The summed E-state index contributed by atoms with van der Waals surface area (Å²) < 4.78 is 10.7. The number of nitrogens with one attached hydrogen (secondary N) is 1. The molecular weight excluding hydrogens is 234 g/mol. The van der Waals surface area contributed by atoms with E-state index in [2.05, 4.69) is 5.32 Å².